The summed E-state index contributed by atoms with van der Waals surface area (Å²) in [6.07, 6.45) is 0.207. The number of rotatable bonds is 6. The van der Waals surface area contributed by atoms with Crippen LogP contribution < -0.4 is 4.74 Å². The predicted molar refractivity (Wildman–Crippen MR) is 86.3 cm³/mol. The van der Waals surface area contributed by atoms with Gasteiger partial charge in [-0.25, -0.2) is 0 Å². The van der Waals surface area contributed by atoms with Crippen LogP contribution in [0.15, 0.2) is 48.5 Å². The fourth-order valence-corrected chi connectivity index (χ4v) is 2.18. The number of nitro groups is 1. The number of amides is 1. The summed E-state index contributed by atoms with van der Waals surface area (Å²) in [4.78, 5) is 24.0. The summed E-state index contributed by atoms with van der Waals surface area (Å²) in [5.74, 6) is 0.695. The summed E-state index contributed by atoms with van der Waals surface area (Å²) in [6, 6.07) is 13.6. The Hall–Kier alpha value is -2.89. The van der Waals surface area contributed by atoms with Crippen molar-refractivity contribution in [3.8, 4) is 5.75 Å². The highest BCUT2D eigenvalue weighted by molar-refractivity contribution is 5.78. The van der Waals surface area contributed by atoms with Crippen LogP contribution in [0, 0.1) is 10.1 Å². The molecule has 0 aliphatic rings. The normalized spacial score (nSPS) is 10.2. The highest BCUT2D eigenvalue weighted by Gasteiger charge is 2.12. The van der Waals surface area contributed by atoms with Crippen molar-refractivity contribution in [3.05, 3.63) is 69.8 Å². The van der Waals surface area contributed by atoms with Crippen molar-refractivity contribution in [3.63, 3.8) is 0 Å². The molecule has 120 valence electrons. The Labute approximate surface area is 134 Å². The molecule has 0 aliphatic carbocycles. The van der Waals surface area contributed by atoms with Crippen LogP contribution in [-0.4, -0.2) is 29.9 Å². The van der Waals surface area contributed by atoms with E-state index in [1.807, 2.05) is 24.3 Å². The lowest BCUT2D eigenvalue weighted by atomic mass is 10.1. The molecular formula is C17H18N2O4. The zero-order valence-corrected chi connectivity index (χ0v) is 13.1. The molecule has 0 aliphatic heterocycles. The second-order valence-electron chi connectivity index (χ2n) is 5.20. The van der Waals surface area contributed by atoms with Crippen LogP contribution in [0.4, 0.5) is 5.69 Å². The monoisotopic (exact) mass is 314 g/mol. The van der Waals surface area contributed by atoms with Gasteiger partial charge in [-0.15, -0.1) is 0 Å². The molecule has 0 aromatic heterocycles. The van der Waals surface area contributed by atoms with Gasteiger partial charge >= 0.3 is 0 Å². The first-order valence-corrected chi connectivity index (χ1v) is 7.10. The highest BCUT2D eigenvalue weighted by Crippen LogP contribution is 2.15. The van der Waals surface area contributed by atoms with E-state index < -0.39 is 4.92 Å². The lowest BCUT2D eigenvalue weighted by Crippen LogP contribution is -2.27. The summed E-state index contributed by atoms with van der Waals surface area (Å²) < 4.78 is 5.16. The van der Waals surface area contributed by atoms with Crippen molar-refractivity contribution in [1.82, 2.24) is 4.90 Å². The molecule has 1 amide bonds. The first kappa shape index (κ1) is 16.5. The Morgan fingerprint density at radius 1 is 1.17 bits per heavy atom. The minimum Gasteiger partial charge on any atom is -0.497 e. The molecule has 0 atom stereocenters. The average Bonchev–Trinajstić information content (AvgIpc) is 2.55. The van der Waals surface area contributed by atoms with Crippen molar-refractivity contribution >= 4 is 11.6 Å². The second-order valence-corrected chi connectivity index (χ2v) is 5.20. The number of hydrogen-bond donors (Lipinski definition) is 0. The molecule has 0 radical (unpaired) electrons. The zero-order valence-electron chi connectivity index (χ0n) is 13.1. The van der Waals surface area contributed by atoms with Crippen molar-refractivity contribution in [2.45, 2.75) is 13.0 Å². The number of non-ortho nitro benzene ring substituents is 1. The van der Waals surface area contributed by atoms with E-state index in [1.165, 1.54) is 12.1 Å². The van der Waals surface area contributed by atoms with Gasteiger partial charge in [-0.05, 0) is 23.3 Å². The van der Waals surface area contributed by atoms with E-state index >= 15 is 0 Å². The van der Waals surface area contributed by atoms with E-state index in [0.29, 0.717) is 6.54 Å². The number of nitrogens with zero attached hydrogens (tertiary/aromatic N) is 2. The molecule has 0 saturated heterocycles. The molecule has 0 N–H and O–H groups in total. The third kappa shape index (κ3) is 4.54. The smallest absolute Gasteiger partial charge is 0.269 e. The van der Waals surface area contributed by atoms with Crippen molar-refractivity contribution in [2.75, 3.05) is 14.2 Å². The molecule has 0 heterocycles. The van der Waals surface area contributed by atoms with Crippen molar-refractivity contribution in [1.29, 1.82) is 0 Å². The number of carbonyl (C=O) groups excluding carboxylic acids is 1. The third-order valence-electron chi connectivity index (χ3n) is 3.48. The first-order chi connectivity index (χ1) is 11.0. The maximum absolute atomic E-state index is 12.3. The number of carbonyl (C=O) groups is 1. The van der Waals surface area contributed by atoms with Crippen LogP contribution in [0.25, 0.3) is 0 Å². The topological polar surface area (TPSA) is 72.7 Å². The second kappa shape index (κ2) is 7.40. The minimum absolute atomic E-state index is 0.0194. The van der Waals surface area contributed by atoms with Gasteiger partial charge in [-0.3, -0.25) is 14.9 Å². The molecule has 0 saturated carbocycles. The molecule has 2 aromatic carbocycles. The molecule has 0 spiro atoms. The maximum Gasteiger partial charge on any atom is 0.269 e. The van der Waals surface area contributed by atoms with Gasteiger partial charge < -0.3 is 9.64 Å². The van der Waals surface area contributed by atoms with Crippen LogP contribution in [0.1, 0.15) is 11.1 Å². The Kier molecular flexibility index (Phi) is 5.30. The molecule has 0 unspecified atom stereocenters. The third-order valence-corrected chi connectivity index (χ3v) is 3.48. The summed E-state index contributed by atoms with van der Waals surface area (Å²) in [6.45, 7) is 0.475. The fraction of sp³-hybridized carbons (Fsp3) is 0.235. The van der Waals surface area contributed by atoms with Crippen molar-refractivity contribution in [2.24, 2.45) is 0 Å². The quantitative estimate of drug-likeness (QED) is 0.607. The molecule has 23 heavy (non-hydrogen) atoms. The predicted octanol–water partition coefficient (Wildman–Crippen LogP) is 2.80. The Balaban J connectivity index is 1.97. The van der Waals surface area contributed by atoms with Gasteiger partial charge in [-0.2, -0.15) is 0 Å². The van der Waals surface area contributed by atoms with Crippen LogP contribution in [0.3, 0.4) is 0 Å². The molecule has 6 nitrogen and oxygen atoms in total. The molecule has 2 aromatic rings. The van der Waals surface area contributed by atoms with Crippen LogP contribution in [0.2, 0.25) is 0 Å². The van der Waals surface area contributed by atoms with Crippen LogP contribution in [-0.2, 0) is 17.8 Å². The molecule has 0 bridgehead atoms. The van der Waals surface area contributed by atoms with E-state index in [9.17, 15) is 14.9 Å². The van der Waals surface area contributed by atoms with Gasteiger partial charge in [-0.1, -0.05) is 24.3 Å². The number of hydrogen-bond acceptors (Lipinski definition) is 4. The van der Waals surface area contributed by atoms with E-state index in [4.69, 9.17) is 4.74 Å². The standard InChI is InChI=1S/C17H18N2O4/c1-18(12-14-4-3-5-16(10-14)23-2)17(20)11-13-6-8-15(9-7-13)19(21)22/h3-10H,11-12H2,1-2H3. The van der Waals surface area contributed by atoms with Gasteiger partial charge in [0, 0.05) is 25.7 Å². The molecule has 6 heteroatoms. The average molecular weight is 314 g/mol. The first-order valence-electron chi connectivity index (χ1n) is 7.10. The van der Waals surface area contributed by atoms with Gasteiger partial charge in [0.05, 0.1) is 18.5 Å². The highest BCUT2D eigenvalue weighted by atomic mass is 16.6. The van der Waals surface area contributed by atoms with E-state index in [1.54, 1.807) is 31.2 Å². The molecule has 0 fully saturated rings. The van der Waals surface area contributed by atoms with E-state index in [0.717, 1.165) is 16.9 Å². The van der Waals surface area contributed by atoms with Gasteiger partial charge in [0.15, 0.2) is 0 Å². The Morgan fingerprint density at radius 3 is 2.48 bits per heavy atom. The SMILES string of the molecule is COc1cccc(CN(C)C(=O)Cc2ccc([N+](=O)[O-])cc2)c1. The summed E-state index contributed by atoms with van der Waals surface area (Å²) in [7, 11) is 3.33. The maximum atomic E-state index is 12.3. The number of nitro benzene ring substituents is 1. The number of ether oxygens (including phenoxy) is 1. The summed E-state index contributed by atoms with van der Waals surface area (Å²) in [5.41, 5.74) is 1.74. The van der Waals surface area contributed by atoms with Crippen LogP contribution in [0.5, 0.6) is 5.75 Å². The van der Waals surface area contributed by atoms with E-state index in [2.05, 4.69) is 0 Å². The lowest BCUT2D eigenvalue weighted by Gasteiger charge is -2.17. The van der Waals surface area contributed by atoms with Gasteiger partial charge in [0.1, 0.15) is 5.75 Å². The Bertz CT molecular complexity index is 698. The Morgan fingerprint density at radius 2 is 1.87 bits per heavy atom. The minimum atomic E-state index is -0.458. The van der Waals surface area contributed by atoms with Gasteiger partial charge in [0.25, 0.3) is 5.69 Å². The fourth-order valence-electron chi connectivity index (χ4n) is 2.18. The molecular weight excluding hydrogens is 296 g/mol. The zero-order chi connectivity index (χ0) is 16.8. The lowest BCUT2D eigenvalue weighted by molar-refractivity contribution is -0.384. The number of benzene rings is 2. The summed E-state index contributed by atoms with van der Waals surface area (Å²) in [5, 5.41) is 10.6. The van der Waals surface area contributed by atoms with E-state index in [-0.39, 0.29) is 18.0 Å². The van der Waals surface area contributed by atoms with Crippen molar-refractivity contribution < 1.29 is 14.5 Å². The molecule has 2 rings (SSSR count). The number of methoxy groups -OCH3 is 1. The number of likely N-dealkylation sites (N-methyl/N-ethyl adjacent to an activating group) is 1. The van der Waals surface area contributed by atoms with Crippen LogP contribution >= 0.6 is 0 Å². The largest absolute Gasteiger partial charge is 0.497 e. The summed E-state index contributed by atoms with van der Waals surface area (Å²) >= 11 is 0. The van der Waals surface area contributed by atoms with Gasteiger partial charge in [0.2, 0.25) is 5.91 Å².